The van der Waals surface area contributed by atoms with Crippen LogP contribution in [0.4, 0.5) is 5.82 Å². The molecule has 0 radical (unpaired) electrons. The van der Waals surface area contributed by atoms with Crippen molar-refractivity contribution in [2.24, 2.45) is 11.7 Å². The first-order chi connectivity index (χ1) is 10.7. The van der Waals surface area contributed by atoms with Gasteiger partial charge in [0.25, 0.3) is 0 Å². The third-order valence-corrected chi connectivity index (χ3v) is 3.81. The third-order valence-electron chi connectivity index (χ3n) is 3.81. The molecule has 0 aliphatic rings. The summed E-state index contributed by atoms with van der Waals surface area (Å²) in [6, 6.07) is 9.98. The highest BCUT2D eigenvalue weighted by Crippen LogP contribution is 2.26. The number of nitrogens with two attached hydrogens (primary N) is 1. The van der Waals surface area contributed by atoms with Crippen molar-refractivity contribution in [2.45, 2.75) is 40.0 Å². The second kappa shape index (κ2) is 6.54. The van der Waals surface area contributed by atoms with Crippen LogP contribution in [0.1, 0.15) is 39.0 Å². The van der Waals surface area contributed by atoms with Crippen LogP contribution in [0, 0.1) is 12.8 Å². The molecule has 2 rings (SSSR count). The van der Waals surface area contributed by atoms with Gasteiger partial charge in [-0.3, -0.25) is 4.79 Å². The zero-order valence-electron chi connectivity index (χ0n) is 14.6. The number of nitrogens with zero attached hydrogens (tertiary/aromatic N) is 2. The molecular formula is C18H26N4O. The molecule has 2 aromatic rings. The largest absolute Gasteiger partial charge is 0.330 e. The predicted molar refractivity (Wildman–Crippen MR) is 93.8 cm³/mol. The lowest BCUT2D eigenvalue weighted by atomic mass is 9.92. The number of carbonyl (C=O) groups excluding carboxylic acids is 1. The van der Waals surface area contributed by atoms with E-state index in [1.807, 2.05) is 44.2 Å². The molecule has 23 heavy (non-hydrogen) atoms. The van der Waals surface area contributed by atoms with Crippen LogP contribution in [0.25, 0.3) is 5.69 Å². The summed E-state index contributed by atoms with van der Waals surface area (Å²) >= 11 is 0. The summed E-state index contributed by atoms with van der Waals surface area (Å²) in [6.45, 7) is 10.5. The molecule has 0 spiro atoms. The topological polar surface area (TPSA) is 72.9 Å². The van der Waals surface area contributed by atoms with Gasteiger partial charge in [-0.15, -0.1) is 0 Å². The second-order valence-corrected chi connectivity index (χ2v) is 7.04. The van der Waals surface area contributed by atoms with Crippen molar-refractivity contribution in [1.82, 2.24) is 9.78 Å². The van der Waals surface area contributed by atoms with E-state index in [2.05, 4.69) is 26.1 Å². The fourth-order valence-corrected chi connectivity index (χ4v) is 2.08. The summed E-state index contributed by atoms with van der Waals surface area (Å²) in [6.07, 6.45) is 0. The van der Waals surface area contributed by atoms with Gasteiger partial charge in [-0.25, -0.2) is 4.68 Å². The molecule has 1 aromatic carbocycles. The Labute approximate surface area is 137 Å². The summed E-state index contributed by atoms with van der Waals surface area (Å²) in [5.41, 5.74) is 8.50. The zero-order valence-corrected chi connectivity index (χ0v) is 14.6. The highest BCUT2D eigenvalue weighted by molar-refractivity contribution is 5.92. The summed E-state index contributed by atoms with van der Waals surface area (Å²) in [5, 5.41) is 7.64. The molecule has 5 nitrogen and oxygen atoms in total. The number of carbonyl (C=O) groups is 1. The second-order valence-electron chi connectivity index (χ2n) is 7.04. The summed E-state index contributed by atoms with van der Waals surface area (Å²) < 4.78 is 1.78. The van der Waals surface area contributed by atoms with Crippen molar-refractivity contribution in [1.29, 1.82) is 0 Å². The van der Waals surface area contributed by atoms with E-state index in [4.69, 9.17) is 10.8 Å². The van der Waals surface area contributed by atoms with E-state index >= 15 is 0 Å². The van der Waals surface area contributed by atoms with Crippen LogP contribution in [0.2, 0.25) is 0 Å². The highest BCUT2D eigenvalue weighted by Gasteiger charge is 2.22. The molecule has 1 aromatic heterocycles. The van der Waals surface area contributed by atoms with Gasteiger partial charge in [0.05, 0.1) is 11.4 Å². The van der Waals surface area contributed by atoms with Crippen LogP contribution in [0.3, 0.4) is 0 Å². The molecule has 1 heterocycles. The van der Waals surface area contributed by atoms with Gasteiger partial charge in [0.2, 0.25) is 5.91 Å². The molecule has 0 saturated carbocycles. The fourth-order valence-electron chi connectivity index (χ4n) is 2.08. The van der Waals surface area contributed by atoms with Crippen LogP contribution < -0.4 is 11.1 Å². The molecule has 0 aliphatic heterocycles. The van der Waals surface area contributed by atoms with E-state index in [1.165, 1.54) is 5.56 Å². The van der Waals surface area contributed by atoms with Crippen LogP contribution in [-0.4, -0.2) is 22.2 Å². The molecule has 124 valence electrons. The average molecular weight is 314 g/mol. The van der Waals surface area contributed by atoms with Crippen molar-refractivity contribution in [3.8, 4) is 5.69 Å². The monoisotopic (exact) mass is 314 g/mol. The number of anilines is 1. The molecule has 0 saturated heterocycles. The Balaban J connectivity index is 2.44. The van der Waals surface area contributed by atoms with Gasteiger partial charge in [0, 0.05) is 23.9 Å². The Kier molecular flexibility index (Phi) is 4.90. The molecule has 0 bridgehead atoms. The van der Waals surface area contributed by atoms with E-state index in [0.717, 1.165) is 11.4 Å². The Hall–Kier alpha value is -2.14. The van der Waals surface area contributed by atoms with Crippen LogP contribution >= 0.6 is 0 Å². The molecule has 1 amide bonds. The third kappa shape index (κ3) is 3.99. The summed E-state index contributed by atoms with van der Waals surface area (Å²) in [4.78, 5) is 12.2. The first-order valence-electron chi connectivity index (χ1n) is 7.91. The fraction of sp³-hybridized carbons (Fsp3) is 0.444. The number of hydrogen-bond acceptors (Lipinski definition) is 3. The van der Waals surface area contributed by atoms with Crippen LogP contribution in [0.15, 0.2) is 30.3 Å². The Morgan fingerprint density at radius 2 is 1.91 bits per heavy atom. The molecule has 1 atom stereocenters. The number of rotatable bonds is 4. The summed E-state index contributed by atoms with van der Waals surface area (Å²) in [7, 11) is 0. The normalized spacial score (nSPS) is 13.0. The summed E-state index contributed by atoms with van der Waals surface area (Å²) in [5.74, 6) is 0.333. The van der Waals surface area contributed by atoms with E-state index in [1.54, 1.807) is 4.68 Å². The number of nitrogens with one attached hydrogen (secondary N) is 1. The average Bonchev–Trinajstić information content (AvgIpc) is 2.91. The minimum absolute atomic E-state index is 0.0961. The van der Waals surface area contributed by atoms with E-state index in [9.17, 15) is 4.79 Å². The lowest BCUT2D eigenvalue weighted by molar-refractivity contribution is -0.119. The minimum atomic E-state index is -0.241. The van der Waals surface area contributed by atoms with Gasteiger partial charge in [-0.2, -0.15) is 5.10 Å². The van der Waals surface area contributed by atoms with Crippen molar-refractivity contribution in [3.05, 3.63) is 41.6 Å². The number of benzene rings is 1. The quantitative estimate of drug-likeness (QED) is 0.911. The molecule has 0 fully saturated rings. The predicted octanol–water partition coefficient (Wildman–Crippen LogP) is 3.01. The maximum absolute atomic E-state index is 12.2. The van der Waals surface area contributed by atoms with E-state index in [0.29, 0.717) is 12.4 Å². The van der Waals surface area contributed by atoms with Gasteiger partial charge >= 0.3 is 0 Å². The van der Waals surface area contributed by atoms with Gasteiger partial charge in [-0.1, -0.05) is 45.4 Å². The smallest absolute Gasteiger partial charge is 0.229 e. The maximum Gasteiger partial charge on any atom is 0.229 e. The lowest BCUT2D eigenvalue weighted by Crippen LogP contribution is -2.27. The molecular weight excluding hydrogens is 288 g/mol. The molecule has 0 aliphatic carbocycles. The van der Waals surface area contributed by atoms with Crippen LogP contribution in [-0.2, 0) is 10.2 Å². The Morgan fingerprint density at radius 3 is 2.43 bits per heavy atom. The van der Waals surface area contributed by atoms with Gasteiger partial charge < -0.3 is 11.1 Å². The zero-order chi connectivity index (χ0) is 17.2. The van der Waals surface area contributed by atoms with E-state index in [-0.39, 0.29) is 17.2 Å². The van der Waals surface area contributed by atoms with Crippen molar-refractivity contribution >= 4 is 11.7 Å². The van der Waals surface area contributed by atoms with Gasteiger partial charge in [-0.05, 0) is 19.1 Å². The number of hydrogen-bond donors (Lipinski definition) is 2. The van der Waals surface area contributed by atoms with Crippen molar-refractivity contribution in [3.63, 3.8) is 0 Å². The molecule has 1 unspecified atom stereocenters. The first kappa shape index (κ1) is 17.2. The molecule has 3 N–H and O–H groups in total. The van der Waals surface area contributed by atoms with Crippen LogP contribution in [0.5, 0.6) is 0 Å². The maximum atomic E-state index is 12.2. The number of aromatic nitrogens is 2. The van der Waals surface area contributed by atoms with Crippen molar-refractivity contribution in [2.75, 3.05) is 11.9 Å². The van der Waals surface area contributed by atoms with Gasteiger partial charge in [0.15, 0.2) is 0 Å². The highest BCUT2D eigenvalue weighted by atomic mass is 16.2. The Morgan fingerprint density at radius 1 is 1.30 bits per heavy atom. The Bertz CT molecular complexity index is 680. The van der Waals surface area contributed by atoms with E-state index < -0.39 is 0 Å². The minimum Gasteiger partial charge on any atom is -0.330 e. The lowest BCUT2D eigenvalue weighted by Gasteiger charge is -2.14. The molecule has 5 heteroatoms. The number of aryl methyl sites for hydroxylation is 1. The SMILES string of the molecule is Cc1ccc(-n2nc(C(C)(C)C)cc2NC(=O)C(C)CN)cc1. The standard InChI is InChI=1S/C18H26N4O/c1-12-6-8-14(9-7-12)22-16(20-17(23)13(2)11-19)10-15(21-22)18(3,4)5/h6-10,13H,11,19H2,1-5H3,(H,20,23). The first-order valence-corrected chi connectivity index (χ1v) is 7.91. The van der Waals surface area contributed by atoms with Gasteiger partial charge in [0.1, 0.15) is 5.82 Å². The number of amides is 1. The van der Waals surface area contributed by atoms with Crippen molar-refractivity contribution < 1.29 is 4.79 Å².